The average Bonchev–Trinajstić information content (AvgIpc) is 2.35. The van der Waals surface area contributed by atoms with Crippen LogP contribution in [0, 0.1) is 11.2 Å². The van der Waals surface area contributed by atoms with Gasteiger partial charge >= 0.3 is 0 Å². The van der Waals surface area contributed by atoms with Gasteiger partial charge in [-0.05, 0) is 17.7 Å². The smallest absolute Gasteiger partial charge is 0.225 e. The molecule has 0 heterocycles. The van der Waals surface area contributed by atoms with Gasteiger partial charge in [0.1, 0.15) is 5.82 Å². The van der Waals surface area contributed by atoms with Gasteiger partial charge in [-0.3, -0.25) is 9.59 Å². The summed E-state index contributed by atoms with van der Waals surface area (Å²) < 4.78 is 12.9. The number of rotatable bonds is 5. The van der Waals surface area contributed by atoms with Gasteiger partial charge in [-0.1, -0.05) is 32.9 Å². The van der Waals surface area contributed by atoms with Gasteiger partial charge in [0.2, 0.25) is 11.8 Å². The predicted molar refractivity (Wildman–Crippen MR) is 75.3 cm³/mol. The molecule has 110 valence electrons. The van der Waals surface area contributed by atoms with Gasteiger partial charge < -0.3 is 10.6 Å². The van der Waals surface area contributed by atoms with Crippen molar-refractivity contribution in [1.29, 1.82) is 0 Å². The zero-order valence-corrected chi connectivity index (χ0v) is 12.1. The lowest BCUT2D eigenvalue weighted by Crippen LogP contribution is -2.37. The molecular formula is C15H21FN2O2. The Hall–Kier alpha value is -1.91. The van der Waals surface area contributed by atoms with Crippen molar-refractivity contribution < 1.29 is 14.0 Å². The van der Waals surface area contributed by atoms with Gasteiger partial charge in [0, 0.05) is 24.9 Å². The molecule has 0 aromatic heterocycles. The van der Waals surface area contributed by atoms with Crippen LogP contribution in [0.2, 0.25) is 0 Å². The van der Waals surface area contributed by atoms with Crippen LogP contribution in [-0.2, 0) is 16.1 Å². The Kier molecular flexibility index (Phi) is 5.67. The predicted octanol–water partition coefficient (Wildman–Crippen LogP) is 1.99. The van der Waals surface area contributed by atoms with Crippen molar-refractivity contribution in [3.63, 3.8) is 0 Å². The lowest BCUT2D eigenvalue weighted by atomic mass is 9.96. The minimum absolute atomic E-state index is 0.0876. The Bertz CT molecular complexity index is 481. The Balaban J connectivity index is 2.26. The molecule has 0 aliphatic heterocycles. The van der Waals surface area contributed by atoms with Gasteiger partial charge in [0.15, 0.2) is 0 Å². The molecular weight excluding hydrogens is 259 g/mol. The molecule has 4 nitrogen and oxygen atoms in total. The van der Waals surface area contributed by atoms with Crippen molar-refractivity contribution in [2.24, 2.45) is 5.41 Å². The molecule has 0 radical (unpaired) electrons. The number of benzene rings is 1. The Morgan fingerprint density at radius 2 is 1.90 bits per heavy atom. The van der Waals surface area contributed by atoms with Crippen molar-refractivity contribution >= 4 is 11.8 Å². The van der Waals surface area contributed by atoms with Crippen molar-refractivity contribution in [3.05, 3.63) is 35.6 Å². The fourth-order valence-corrected chi connectivity index (χ4v) is 1.49. The molecule has 1 aromatic carbocycles. The summed E-state index contributed by atoms with van der Waals surface area (Å²) in [6.45, 7) is 6.01. The van der Waals surface area contributed by atoms with Crippen LogP contribution in [0.3, 0.4) is 0 Å². The minimum atomic E-state index is -0.460. The van der Waals surface area contributed by atoms with E-state index in [1.165, 1.54) is 12.1 Å². The lowest BCUT2D eigenvalue weighted by Gasteiger charge is -2.17. The first-order valence-corrected chi connectivity index (χ1v) is 6.58. The van der Waals surface area contributed by atoms with Crippen LogP contribution in [0.5, 0.6) is 0 Å². The number of carbonyl (C=O) groups excluding carboxylic acids is 2. The van der Waals surface area contributed by atoms with Crippen molar-refractivity contribution in [2.75, 3.05) is 6.54 Å². The highest BCUT2D eigenvalue weighted by molar-refractivity contribution is 5.82. The largest absolute Gasteiger partial charge is 0.355 e. The molecule has 2 N–H and O–H groups in total. The molecule has 0 fully saturated rings. The summed E-state index contributed by atoms with van der Waals surface area (Å²) in [4.78, 5) is 23.2. The van der Waals surface area contributed by atoms with E-state index in [-0.39, 0.29) is 30.6 Å². The van der Waals surface area contributed by atoms with E-state index in [1.54, 1.807) is 12.1 Å². The summed E-state index contributed by atoms with van der Waals surface area (Å²) in [6, 6.07) is 6.07. The summed E-state index contributed by atoms with van der Waals surface area (Å²) >= 11 is 0. The molecule has 0 unspecified atom stereocenters. The van der Waals surface area contributed by atoms with E-state index in [0.29, 0.717) is 12.1 Å². The van der Waals surface area contributed by atoms with Crippen LogP contribution in [0.25, 0.3) is 0 Å². The fourth-order valence-electron chi connectivity index (χ4n) is 1.49. The monoisotopic (exact) mass is 280 g/mol. The number of hydrogen-bond acceptors (Lipinski definition) is 2. The molecule has 20 heavy (non-hydrogen) atoms. The van der Waals surface area contributed by atoms with E-state index in [9.17, 15) is 14.0 Å². The van der Waals surface area contributed by atoms with Crippen LogP contribution >= 0.6 is 0 Å². The van der Waals surface area contributed by atoms with Gasteiger partial charge in [0.05, 0.1) is 0 Å². The maximum absolute atomic E-state index is 12.9. The van der Waals surface area contributed by atoms with Crippen molar-refractivity contribution in [3.8, 4) is 0 Å². The van der Waals surface area contributed by atoms with E-state index >= 15 is 0 Å². The van der Waals surface area contributed by atoms with Crippen molar-refractivity contribution in [2.45, 2.75) is 33.7 Å². The minimum Gasteiger partial charge on any atom is -0.355 e. The highest BCUT2D eigenvalue weighted by Gasteiger charge is 2.20. The van der Waals surface area contributed by atoms with Crippen LogP contribution in [0.15, 0.2) is 24.3 Å². The van der Waals surface area contributed by atoms with Gasteiger partial charge in [0.25, 0.3) is 0 Å². The topological polar surface area (TPSA) is 58.2 Å². The first-order valence-electron chi connectivity index (χ1n) is 6.58. The molecule has 1 aromatic rings. The second kappa shape index (κ2) is 7.03. The maximum Gasteiger partial charge on any atom is 0.225 e. The van der Waals surface area contributed by atoms with Crippen LogP contribution in [0.1, 0.15) is 32.8 Å². The van der Waals surface area contributed by atoms with Gasteiger partial charge in [-0.15, -0.1) is 0 Å². The maximum atomic E-state index is 12.9. The standard InChI is InChI=1S/C15H21FN2O2/c1-15(2,3)14(20)17-8-7-13(19)18-10-11-5-4-6-12(16)9-11/h4-6,9H,7-8,10H2,1-3H3,(H,17,20)(H,18,19). The molecule has 5 heteroatoms. The van der Waals surface area contributed by atoms with Crippen LogP contribution in [-0.4, -0.2) is 18.4 Å². The molecule has 1 rings (SSSR count). The van der Waals surface area contributed by atoms with E-state index in [1.807, 2.05) is 20.8 Å². The quantitative estimate of drug-likeness (QED) is 0.866. The van der Waals surface area contributed by atoms with Crippen LogP contribution in [0.4, 0.5) is 4.39 Å². The number of nitrogens with one attached hydrogen (secondary N) is 2. The molecule has 0 bridgehead atoms. The summed E-state index contributed by atoms with van der Waals surface area (Å²) in [7, 11) is 0. The zero-order chi connectivity index (χ0) is 15.2. The Labute approximate surface area is 118 Å². The Morgan fingerprint density at radius 1 is 1.20 bits per heavy atom. The second-order valence-corrected chi connectivity index (χ2v) is 5.66. The third-order valence-corrected chi connectivity index (χ3v) is 2.70. The van der Waals surface area contributed by atoms with E-state index in [4.69, 9.17) is 0 Å². The first-order chi connectivity index (χ1) is 9.29. The zero-order valence-electron chi connectivity index (χ0n) is 12.1. The molecule has 2 amide bonds. The lowest BCUT2D eigenvalue weighted by molar-refractivity contribution is -0.128. The number of hydrogen-bond donors (Lipinski definition) is 2. The molecule has 0 aliphatic carbocycles. The highest BCUT2D eigenvalue weighted by Crippen LogP contribution is 2.12. The van der Waals surface area contributed by atoms with Gasteiger partial charge in [-0.2, -0.15) is 0 Å². The summed E-state index contributed by atoms with van der Waals surface area (Å²) in [6.07, 6.45) is 0.205. The van der Waals surface area contributed by atoms with E-state index < -0.39 is 5.41 Å². The number of carbonyl (C=O) groups is 2. The van der Waals surface area contributed by atoms with Gasteiger partial charge in [-0.25, -0.2) is 4.39 Å². The van der Waals surface area contributed by atoms with Crippen molar-refractivity contribution in [1.82, 2.24) is 10.6 Å². The molecule has 0 spiro atoms. The fraction of sp³-hybridized carbons (Fsp3) is 0.467. The third kappa shape index (κ3) is 5.82. The normalized spacial score (nSPS) is 11.0. The summed E-state index contributed by atoms with van der Waals surface area (Å²) in [5, 5.41) is 5.38. The number of amides is 2. The molecule has 0 atom stereocenters. The highest BCUT2D eigenvalue weighted by atomic mass is 19.1. The van der Waals surface area contributed by atoms with E-state index in [0.717, 1.165) is 0 Å². The second-order valence-electron chi connectivity index (χ2n) is 5.66. The molecule has 0 aliphatic rings. The first kappa shape index (κ1) is 16.1. The summed E-state index contributed by atoms with van der Waals surface area (Å²) in [5.74, 6) is -0.590. The molecule has 0 saturated carbocycles. The molecule has 0 saturated heterocycles. The number of halogens is 1. The van der Waals surface area contributed by atoms with E-state index in [2.05, 4.69) is 10.6 Å². The summed E-state index contributed by atoms with van der Waals surface area (Å²) in [5.41, 5.74) is 0.245. The SMILES string of the molecule is CC(C)(C)C(=O)NCCC(=O)NCc1cccc(F)c1. The Morgan fingerprint density at radius 3 is 2.50 bits per heavy atom. The third-order valence-electron chi connectivity index (χ3n) is 2.70. The van der Waals surface area contributed by atoms with Crippen LogP contribution < -0.4 is 10.6 Å². The average molecular weight is 280 g/mol.